The summed E-state index contributed by atoms with van der Waals surface area (Å²) in [5.41, 5.74) is 2.11. The third kappa shape index (κ3) is 2.74. The molecule has 16 heavy (non-hydrogen) atoms. The lowest BCUT2D eigenvalue weighted by Gasteiger charge is -2.07. The zero-order valence-electron chi connectivity index (χ0n) is 9.26. The molecule has 1 aromatic heterocycles. The predicted octanol–water partition coefficient (Wildman–Crippen LogP) is 2.85. The van der Waals surface area contributed by atoms with Crippen molar-refractivity contribution in [1.82, 2.24) is 4.98 Å². The van der Waals surface area contributed by atoms with E-state index in [2.05, 4.69) is 23.2 Å². The standard InChI is InChI=1S/C13H15NOS/c1-10(8-15)16-9-12-7-6-11-4-2-3-5-13(11)14-12/h2-7,10,15H,8-9H2,1H3/t10-/m1/s1. The Morgan fingerprint density at radius 2 is 2.06 bits per heavy atom. The van der Waals surface area contributed by atoms with E-state index in [1.807, 2.05) is 25.1 Å². The Morgan fingerprint density at radius 3 is 2.88 bits per heavy atom. The van der Waals surface area contributed by atoms with E-state index in [4.69, 9.17) is 5.11 Å². The third-order valence-electron chi connectivity index (χ3n) is 2.43. The molecule has 1 atom stereocenters. The molecule has 0 unspecified atom stereocenters. The van der Waals surface area contributed by atoms with E-state index in [0.717, 1.165) is 17.0 Å². The van der Waals surface area contributed by atoms with Crippen molar-refractivity contribution in [3.8, 4) is 0 Å². The lowest BCUT2D eigenvalue weighted by Crippen LogP contribution is -2.02. The van der Waals surface area contributed by atoms with Gasteiger partial charge in [-0.3, -0.25) is 4.98 Å². The van der Waals surface area contributed by atoms with Crippen molar-refractivity contribution in [3.05, 3.63) is 42.1 Å². The minimum absolute atomic E-state index is 0.220. The van der Waals surface area contributed by atoms with Gasteiger partial charge in [0.25, 0.3) is 0 Å². The lowest BCUT2D eigenvalue weighted by atomic mass is 10.2. The molecule has 0 aliphatic carbocycles. The molecule has 0 saturated heterocycles. The van der Waals surface area contributed by atoms with E-state index in [9.17, 15) is 0 Å². The highest BCUT2D eigenvalue weighted by molar-refractivity contribution is 7.99. The zero-order valence-corrected chi connectivity index (χ0v) is 10.1. The third-order valence-corrected chi connectivity index (χ3v) is 3.61. The number of benzene rings is 1. The van der Waals surface area contributed by atoms with Crippen LogP contribution in [0.1, 0.15) is 12.6 Å². The Bertz CT molecular complexity index is 472. The van der Waals surface area contributed by atoms with Crippen LogP contribution in [0.3, 0.4) is 0 Å². The van der Waals surface area contributed by atoms with Gasteiger partial charge in [-0.2, -0.15) is 11.8 Å². The summed E-state index contributed by atoms with van der Waals surface area (Å²) >= 11 is 1.73. The summed E-state index contributed by atoms with van der Waals surface area (Å²) in [5, 5.41) is 10.4. The number of nitrogens with zero attached hydrogens (tertiary/aromatic N) is 1. The first-order chi connectivity index (χ1) is 7.79. The van der Waals surface area contributed by atoms with Gasteiger partial charge in [-0.1, -0.05) is 31.2 Å². The summed E-state index contributed by atoms with van der Waals surface area (Å²) < 4.78 is 0. The van der Waals surface area contributed by atoms with E-state index >= 15 is 0 Å². The molecule has 0 fully saturated rings. The Hall–Kier alpha value is -1.06. The Kier molecular flexibility index (Phi) is 3.80. The van der Waals surface area contributed by atoms with Crippen molar-refractivity contribution < 1.29 is 5.11 Å². The SMILES string of the molecule is C[C@H](CO)SCc1ccc2ccccc2n1. The van der Waals surface area contributed by atoms with Gasteiger partial charge in [0.2, 0.25) is 0 Å². The van der Waals surface area contributed by atoms with Crippen molar-refractivity contribution in [3.63, 3.8) is 0 Å². The molecule has 1 N–H and O–H groups in total. The summed E-state index contributed by atoms with van der Waals surface area (Å²) in [5.74, 6) is 0.854. The molecule has 0 amide bonds. The van der Waals surface area contributed by atoms with Crippen molar-refractivity contribution in [2.24, 2.45) is 0 Å². The molecule has 0 spiro atoms. The number of para-hydroxylation sites is 1. The van der Waals surface area contributed by atoms with Gasteiger partial charge >= 0.3 is 0 Å². The maximum absolute atomic E-state index is 8.94. The molecule has 0 bridgehead atoms. The van der Waals surface area contributed by atoms with Crippen molar-refractivity contribution >= 4 is 22.7 Å². The van der Waals surface area contributed by atoms with Crippen LogP contribution in [0.25, 0.3) is 10.9 Å². The van der Waals surface area contributed by atoms with Gasteiger partial charge in [-0.25, -0.2) is 0 Å². The molecule has 3 heteroatoms. The summed E-state index contributed by atoms with van der Waals surface area (Å²) in [6.07, 6.45) is 0. The molecule has 0 aliphatic rings. The first-order valence-corrected chi connectivity index (χ1v) is 6.41. The lowest BCUT2D eigenvalue weighted by molar-refractivity contribution is 0.300. The first-order valence-electron chi connectivity index (χ1n) is 5.37. The summed E-state index contributed by atoms with van der Waals surface area (Å²) in [6, 6.07) is 12.3. The van der Waals surface area contributed by atoms with Gasteiger partial charge in [0.15, 0.2) is 0 Å². The van der Waals surface area contributed by atoms with Crippen molar-refractivity contribution in [2.75, 3.05) is 6.61 Å². The minimum Gasteiger partial charge on any atom is -0.395 e. The molecule has 1 aromatic carbocycles. The number of hydrogen-bond donors (Lipinski definition) is 1. The van der Waals surface area contributed by atoms with Crippen LogP contribution in [0, 0.1) is 0 Å². The molecular weight excluding hydrogens is 218 g/mol. The zero-order chi connectivity index (χ0) is 11.4. The Morgan fingerprint density at radius 1 is 1.25 bits per heavy atom. The van der Waals surface area contributed by atoms with Crippen LogP contribution in [0.4, 0.5) is 0 Å². The second-order valence-corrected chi connectivity index (χ2v) is 5.23. The number of aliphatic hydroxyl groups excluding tert-OH is 1. The second-order valence-electron chi connectivity index (χ2n) is 3.80. The van der Waals surface area contributed by atoms with Gasteiger partial charge < -0.3 is 5.11 Å². The van der Waals surface area contributed by atoms with Gasteiger partial charge in [-0.15, -0.1) is 0 Å². The van der Waals surface area contributed by atoms with E-state index in [0.29, 0.717) is 0 Å². The number of thioether (sulfide) groups is 1. The largest absolute Gasteiger partial charge is 0.395 e. The number of aliphatic hydroxyl groups is 1. The fraction of sp³-hybridized carbons (Fsp3) is 0.308. The summed E-state index contributed by atoms with van der Waals surface area (Å²) in [6.45, 7) is 2.24. The molecule has 0 aliphatic heterocycles. The molecule has 84 valence electrons. The maximum Gasteiger partial charge on any atom is 0.0705 e. The molecule has 1 heterocycles. The topological polar surface area (TPSA) is 33.1 Å². The second kappa shape index (κ2) is 5.32. The van der Waals surface area contributed by atoms with Crippen molar-refractivity contribution in [1.29, 1.82) is 0 Å². The smallest absolute Gasteiger partial charge is 0.0705 e. The van der Waals surface area contributed by atoms with Gasteiger partial charge in [0.1, 0.15) is 0 Å². The monoisotopic (exact) mass is 233 g/mol. The van der Waals surface area contributed by atoms with Crippen LogP contribution >= 0.6 is 11.8 Å². The number of pyridine rings is 1. The van der Waals surface area contributed by atoms with E-state index in [1.54, 1.807) is 11.8 Å². The molecule has 2 rings (SSSR count). The Labute approximate surface area is 99.7 Å². The molecule has 2 aromatic rings. The molecule has 0 radical (unpaired) electrons. The number of aromatic nitrogens is 1. The van der Waals surface area contributed by atoms with Crippen LogP contribution in [0.5, 0.6) is 0 Å². The number of fused-ring (bicyclic) bond motifs is 1. The van der Waals surface area contributed by atoms with Gasteiger partial charge in [0, 0.05) is 16.4 Å². The van der Waals surface area contributed by atoms with Crippen LogP contribution in [-0.4, -0.2) is 21.9 Å². The highest BCUT2D eigenvalue weighted by atomic mass is 32.2. The van der Waals surface area contributed by atoms with E-state index in [-0.39, 0.29) is 11.9 Å². The fourth-order valence-electron chi connectivity index (χ4n) is 1.47. The van der Waals surface area contributed by atoms with Crippen LogP contribution in [0.2, 0.25) is 0 Å². The quantitative estimate of drug-likeness (QED) is 0.881. The number of hydrogen-bond acceptors (Lipinski definition) is 3. The normalized spacial score (nSPS) is 12.9. The van der Waals surface area contributed by atoms with Gasteiger partial charge in [0.05, 0.1) is 17.8 Å². The van der Waals surface area contributed by atoms with Crippen LogP contribution in [-0.2, 0) is 5.75 Å². The minimum atomic E-state index is 0.220. The average molecular weight is 233 g/mol. The highest BCUT2D eigenvalue weighted by Crippen LogP contribution is 2.18. The highest BCUT2D eigenvalue weighted by Gasteiger charge is 2.02. The first kappa shape index (κ1) is 11.4. The maximum atomic E-state index is 8.94. The molecule has 2 nitrogen and oxygen atoms in total. The van der Waals surface area contributed by atoms with Crippen molar-refractivity contribution in [2.45, 2.75) is 17.9 Å². The van der Waals surface area contributed by atoms with Crippen LogP contribution < -0.4 is 0 Å². The van der Waals surface area contributed by atoms with Crippen LogP contribution in [0.15, 0.2) is 36.4 Å². The van der Waals surface area contributed by atoms with E-state index < -0.39 is 0 Å². The fourth-order valence-corrected chi connectivity index (χ4v) is 2.19. The summed E-state index contributed by atoms with van der Waals surface area (Å²) in [4.78, 5) is 4.58. The Balaban J connectivity index is 2.13. The number of rotatable bonds is 4. The molecular formula is C13H15NOS. The molecule has 0 saturated carbocycles. The summed E-state index contributed by atoms with van der Waals surface area (Å²) in [7, 11) is 0. The van der Waals surface area contributed by atoms with Gasteiger partial charge in [-0.05, 0) is 12.1 Å². The van der Waals surface area contributed by atoms with E-state index in [1.165, 1.54) is 5.39 Å². The predicted molar refractivity (Wildman–Crippen MR) is 69.6 cm³/mol. The average Bonchev–Trinajstić information content (AvgIpc) is 2.35.